The number of rotatable bonds is 41. The van der Waals surface area contributed by atoms with E-state index in [0.717, 1.165) is 128 Å². The van der Waals surface area contributed by atoms with Crippen molar-refractivity contribution in [2.45, 2.75) is 201 Å². The van der Waals surface area contributed by atoms with E-state index in [1.165, 1.54) is 37.5 Å². The first-order chi connectivity index (χ1) is 36.6. The van der Waals surface area contributed by atoms with Gasteiger partial charge in [-0.15, -0.1) is 0 Å². The molecule has 0 amide bonds. The highest BCUT2D eigenvalue weighted by atomic mass is 16.6. The van der Waals surface area contributed by atoms with Crippen molar-refractivity contribution in [1.82, 2.24) is 15.0 Å². The molecule has 0 spiro atoms. The number of nitrogens with zero attached hydrogens (tertiary/aromatic N) is 3. The normalized spacial score (nSPS) is 11.5. The summed E-state index contributed by atoms with van der Waals surface area (Å²) in [6.07, 6.45) is 24.6. The highest BCUT2D eigenvalue weighted by Crippen LogP contribution is 2.38. The molecule has 75 heavy (non-hydrogen) atoms. The first kappa shape index (κ1) is 61.4. The quantitative estimate of drug-likeness (QED) is 0.0215. The van der Waals surface area contributed by atoms with Gasteiger partial charge in [0.15, 0.2) is 23.6 Å². The van der Waals surface area contributed by atoms with Crippen molar-refractivity contribution in [3.63, 3.8) is 0 Å². The predicted octanol–water partition coefficient (Wildman–Crippen LogP) is 14.3. The zero-order valence-electron chi connectivity index (χ0n) is 45.6. The standard InChI is InChI=1S/C60H87N3O12/c1-5-9-10-11-16-21-26-31-54(60(69)72-8-4)75-47-36-39-50(53(66)44-47)59-62-57(48-37-34-45(42-51(48)64)73-40-29-24-19-14-12-17-22-27-32-55(67)70-6-2)61-58(63-59)49-38-35-46(43-52(49)65)74-41-30-25-20-15-13-18-23-28-33-56(68)71-7-3/h34-39,42-44,54,64-66H,5-33,40-41H2,1-4H3. The number of benzene rings is 3. The summed E-state index contributed by atoms with van der Waals surface area (Å²) in [6.45, 7) is 9.63. The third kappa shape index (κ3) is 24.0. The van der Waals surface area contributed by atoms with Crippen molar-refractivity contribution >= 4 is 17.9 Å². The average molecular weight is 1040 g/mol. The van der Waals surface area contributed by atoms with Crippen LogP contribution >= 0.6 is 0 Å². The van der Waals surface area contributed by atoms with E-state index in [1.54, 1.807) is 43.3 Å². The molecule has 0 saturated heterocycles. The zero-order valence-corrected chi connectivity index (χ0v) is 45.6. The molecule has 15 heteroatoms. The van der Waals surface area contributed by atoms with Gasteiger partial charge in [-0.3, -0.25) is 9.59 Å². The number of phenolic OH excluding ortho intramolecular Hbond substituents is 3. The minimum Gasteiger partial charge on any atom is -0.507 e. The van der Waals surface area contributed by atoms with Crippen LogP contribution in [0.15, 0.2) is 54.6 Å². The van der Waals surface area contributed by atoms with Gasteiger partial charge in [0.05, 0.1) is 49.7 Å². The number of carbonyl (C=O) groups excluding carboxylic acids is 3. The van der Waals surface area contributed by atoms with Gasteiger partial charge in [0, 0.05) is 31.0 Å². The fraction of sp³-hybridized carbons (Fsp3) is 0.600. The van der Waals surface area contributed by atoms with E-state index < -0.39 is 12.1 Å². The predicted molar refractivity (Wildman–Crippen MR) is 292 cm³/mol. The number of esters is 3. The third-order valence-corrected chi connectivity index (χ3v) is 12.9. The van der Waals surface area contributed by atoms with Crippen molar-refractivity contribution in [2.75, 3.05) is 33.0 Å². The number of unbranched alkanes of at least 4 members (excludes halogenated alkanes) is 20. The van der Waals surface area contributed by atoms with Crippen molar-refractivity contribution < 1.29 is 58.1 Å². The van der Waals surface area contributed by atoms with Crippen LogP contribution in [0.25, 0.3) is 34.2 Å². The molecule has 3 N–H and O–H groups in total. The van der Waals surface area contributed by atoms with E-state index in [2.05, 4.69) is 6.92 Å². The van der Waals surface area contributed by atoms with Gasteiger partial charge in [0.2, 0.25) is 0 Å². The lowest BCUT2D eigenvalue weighted by molar-refractivity contribution is -0.152. The van der Waals surface area contributed by atoms with E-state index in [0.29, 0.717) is 57.2 Å². The molecule has 15 nitrogen and oxygen atoms in total. The third-order valence-electron chi connectivity index (χ3n) is 12.9. The molecule has 3 aromatic carbocycles. The summed E-state index contributed by atoms with van der Waals surface area (Å²) in [5.41, 5.74) is 0.795. The van der Waals surface area contributed by atoms with Crippen LogP contribution in [0.4, 0.5) is 0 Å². The largest absolute Gasteiger partial charge is 0.507 e. The summed E-state index contributed by atoms with van der Waals surface area (Å²) in [5.74, 6) is 0.319. The van der Waals surface area contributed by atoms with Crippen LogP contribution in [-0.2, 0) is 28.6 Å². The first-order valence-corrected chi connectivity index (χ1v) is 28.2. The maximum atomic E-state index is 13.0. The second-order valence-electron chi connectivity index (χ2n) is 19.1. The maximum Gasteiger partial charge on any atom is 0.347 e. The fourth-order valence-electron chi connectivity index (χ4n) is 8.71. The molecule has 4 rings (SSSR count). The lowest BCUT2D eigenvalue weighted by Gasteiger charge is -2.18. The maximum absolute atomic E-state index is 13.0. The van der Waals surface area contributed by atoms with E-state index in [-0.39, 0.29) is 75.7 Å². The molecule has 0 aliphatic carbocycles. The molecule has 0 radical (unpaired) electrons. The van der Waals surface area contributed by atoms with Gasteiger partial charge in [0.1, 0.15) is 34.5 Å². The lowest BCUT2D eigenvalue weighted by atomic mass is 10.1. The molecular weight excluding hydrogens is 955 g/mol. The molecule has 0 fully saturated rings. The first-order valence-electron chi connectivity index (χ1n) is 28.2. The Hall–Kier alpha value is -6.12. The molecule has 1 heterocycles. The number of carbonyl (C=O) groups is 3. The Morgan fingerprint density at radius 3 is 1.16 bits per heavy atom. The molecule has 414 valence electrons. The summed E-state index contributed by atoms with van der Waals surface area (Å²) in [4.78, 5) is 50.2. The summed E-state index contributed by atoms with van der Waals surface area (Å²) in [6, 6.07) is 14.5. The van der Waals surface area contributed by atoms with Crippen LogP contribution in [0.2, 0.25) is 0 Å². The molecular formula is C60H87N3O12. The molecule has 1 aromatic heterocycles. The minimum atomic E-state index is -0.847. The molecule has 0 bridgehead atoms. The van der Waals surface area contributed by atoms with Crippen LogP contribution < -0.4 is 14.2 Å². The number of ether oxygens (including phenoxy) is 6. The van der Waals surface area contributed by atoms with Gasteiger partial charge in [-0.1, -0.05) is 122 Å². The van der Waals surface area contributed by atoms with Crippen LogP contribution in [0.3, 0.4) is 0 Å². The number of aromatic hydroxyl groups is 3. The fourth-order valence-corrected chi connectivity index (χ4v) is 8.71. The highest BCUT2D eigenvalue weighted by Gasteiger charge is 2.24. The van der Waals surface area contributed by atoms with Gasteiger partial charge in [-0.2, -0.15) is 0 Å². The van der Waals surface area contributed by atoms with E-state index in [9.17, 15) is 29.7 Å². The van der Waals surface area contributed by atoms with Crippen molar-refractivity contribution in [2.24, 2.45) is 0 Å². The van der Waals surface area contributed by atoms with Gasteiger partial charge >= 0.3 is 17.9 Å². The Kier molecular flexibility index (Phi) is 30.1. The van der Waals surface area contributed by atoms with E-state index >= 15 is 0 Å². The van der Waals surface area contributed by atoms with Crippen LogP contribution in [0.5, 0.6) is 34.5 Å². The van der Waals surface area contributed by atoms with Crippen LogP contribution in [-0.4, -0.2) is 87.3 Å². The monoisotopic (exact) mass is 1040 g/mol. The SMILES string of the molecule is CCCCCCCCCC(Oc1ccc(-c2nc(-c3ccc(OCCCCCCCCCCC(=O)OCC)cc3O)nc(-c3ccc(OCCCCCCCCCCC(=O)OCC)cc3O)n2)c(O)c1)C(=O)OCC. The second-order valence-corrected chi connectivity index (χ2v) is 19.1. The smallest absolute Gasteiger partial charge is 0.347 e. The van der Waals surface area contributed by atoms with Gasteiger partial charge in [-0.05, 0) is 95.7 Å². The van der Waals surface area contributed by atoms with E-state index in [4.69, 9.17) is 43.4 Å². The molecule has 1 atom stereocenters. The lowest BCUT2D eigenvalue weighted by Crippen LogP contribution is -2.29. The highest BCUT2D eigenvalue weighted by molar-refractivity contribution is 5.76. The van der Waals surface area contributed by atoms with Gasteiger partial charge in [0.25, 0.3) is 0 Å². The summed E-state index contributed by atoms with van der Waals surface area (Å²) < 4.78 is 33.5. The Balaban J connectivity index is 1.44. The minimum absolute atomic E-state index is 0.0665. The zero-order chi connectivity index (χ0) is 53.9. The summed E-state index contributed by atoms with van der Waals surface area (Å²) in [5, 5.41) is 34.3. The Morgan fingerprint density at radius 2 is 0.773 bits per heavy atom. The Morgan fingerprint density at radius 1 is 0.427 bits per heavy atom. The molecule has 1 unspecified atom stereocenters. The topological polar surface area (TPSA) is 206 Å². The molecule has 0 aliphatic heterocycles. The molecule has 0 aliphatic rings. The molecule has 4 aromatic rings. The van der Waals surface area contributed by atoms with E-state index in [1.807, 2.05) is 13.8 Å². The van der Waals surface area contributed by atoms with Gasteiger partial charge in [-0.25, -0.2) is 19.7 Å². The second kappa shape index (κ2) is 36.8. The van der Waals surface area contributed by atoms with Crippen molar-refractivity contribution in [3.8, 4) is 68.7 Å². The number of phenols is 3. The average Bonchev–Trinajstić information content (AvgIpc) is 3.39. The van der Waals surface area contributed by atoms with Crippen LogP contribution in [0, 0.1) is 0 Å². The number of aromatic nitrogens is 3. The van der Waals surface area contributed by atoms with Crippen molar-refractivity contribution in [1.29, 1.82) is 0 Å². The summed E-state index contributed by atoms with van der Waals surface area (Å²) in [7, 11) is 0. The van der Waals surface area contributed by atoms with Gasteiger partial charge < -0.3 is 43.7 Å². The summed E-state index contributed by atoms with van der Waals surface area (Å²) >= 11 is 0. The number of hydrogen-bond donors (Lipinski definition) is 3. The Labute approximate surface area is 446 Å². The number of hydrogen-bond acceptors (Lipinski definition) is 15. The van der Waals surface area contributed by atoms with Crippen molar-refractivity contribution in [3.05, 3.63) is 54.6 Å². The molecule has 0 saturated carbocycles. The van der Waals surface area contributed by atoms with Crippen LogP contribution in [0.1, 0.15) is 195 Å². The Bertz CT molecular complexity index is 2160.